The molecule has 1 heterocycles. The summed E-state index contributed by atoms with van der Waals surface area (Å²) in [6.45, 7) is 44.6. The molecule has 6 nitrogen and oxygen atoms in total. The molecule has 1 unspecified atom stereocenters. The summed E-state index contributed by atoms with van der Waals surface area (Å²) in [4.78, 5) is 32.7. The Balaban J connectivity index is 3.22. The van der Waals surface area contributed by atoms with Gasteiger partial charge in [-0.2, -0.15) is 0 Å². The molecule has 0 aliphatic carbocycles. The zero-order valence-corrected chi connectivity index (χ0v) is 38.2. The summed E-state index contributed by atoms with van der Waals surface area (Å²) in [5.41, 5.74) is 2.12. The van der Waals surface area contributed by atoms with Crippen LogP contribution in [0.2, 0.25) is 36.3 Å². The average Bonchev–Trinajstić information content (AvgIpc) is 3.45. The molecular formula is C42H73NO5SSi2. The van der Waals surface area contributed by atoms with Crippen molar-refractivity contribution >= 4 is 45.8 Å². The molecule has 0 fully saturated rings. The summed E-state index contributed by atoms with van der Waals surface area (Å²) in [5, 5.41) is 3.09. The lowest BCUT2D eigenvalue weighted by Crippen LogP contribution is -2.50. The number of esters is 1. The first-order chi connectivity index (χ1) is 23.1. The Morgan fingerprint density at radius 3 is 2.02 bits per heavy atom. The van der Waals surface area contributed by atoms with Crippen molar-refractivity contribution in [3.05, 3.63) is 58.6 Å². The number of rotatable bonds is 20. The average molecular weight is 760 g/mol. The standard InChI is InChI=1S/C42H73NO5SSi2/c1-20-22-29(3)23-24-35(31(5)25-34-28-49-36(43-34)27-46-50(16,17)40(8,9)10)47-37(44)26-32(6)42(14,15)39(45)33(7)38(30(4)21-2)48-51(18,19)41(11,12)13/h20-21,23,25,28,30,32-33,35,38H,1-2,22,24,26-27H2,3-19H3/b29-23-,31-25+/t30-,32-,33+,35?,38-/m0/s1. The first kappa shape index (κ1) is 47.1. The van der Waals surface area contributed by atoms with E-state index in [0.29, 0.717) is 13.0 Å². The van der Waals surface area contributed by atoms with Crippen molar-refractivity contribution in [2.45, 2.75) is 164 Å². The molecule has 0 bridgehead atoms. The maximum atomic E-state index is 14.2. The number of nitrogens with zero attached hydrogens (tertiary/aromatic N) is 1. The van der Waals surface area contributed by atoms with Gasteiger partial charge >= 0.3 is 5.97 Å². The largest absolute Gasteiger partial charge is 0.457 e. The van der Waals surface area contributed by atoms with Crippen LogP contribution in [0.25, 0.3) is 6.08 Å². The second kappa shape index (κ2) is 18.9. The smallest absolute Gasteiger partial charge is 0.306 e. The van der Waals surface area contributed by atoms with Crippen LogP contribution in [0.3, 0.4) is 0 Å². The van der Waals surface area contributed by atoms with Crippen molar-refractivity contribution in [2.75, 3.05) is 0 Å². The summed E-state index contributed by atoms with van der Waals surface area (Å²) >= 11 is 1.58. The number of hydrogen-bond donors (Lipinski definition) is 0. The van der Waals surface area contributed by atoms with E-state index in [2.05, 4.69) is 101 Å². The molecule has 1 aromatic heterocycles. The van der Waals surface area contributed by atoms with E-state index in [4.69, 9.17) is 18.6 Å². The molecule has 0 saturated carbocycles. The highest BCUT2D eigenvalue weighted by atomic mass is 32.1. The lowest BCUT2D eigenvalue weighted by Gasteiger charge is -2.43. The number of ether oxygens (including phenoxy) is 1. The van der Waals surface area contributed by atoms with Crippen LogP contribution in [-0.4, -0.2) is 45.6 Å². The van der Waals surface area contributed by atoms with E-state index in [1.807, 2.05) is 58.2 Å². The molecule has 5 atom stereocenters. The van der Waals surface area contributed by atoms with Gasteiger partial charge in [0.1, 0.15) is 16.9 Å². The number of carbonyl (C=O) groups excluding carboxylic acids is 2. The molecule has 0 saturated heterocycles. The lowest BCUT2D eigenvalue weighted by atomic mass is 9.69. The van der Waals surface area contributed by atoms with Crippen molar-refractivity contribution in [1.29, 1.82) is 0 Å². The maximum absolute atomic E-state index is 14.2. The molecule has 51 heavy (non-hydrogen) atoms. The van der Waals surface area contributed by atoms with Crippen molar-refractivity contribution in [1.82, 2.24) is 4.98 Å². The van der Waals surface area contributed by atoms with Crippen LogP contribution in [0.15, 0.2) is 47.9 Å². The van der Waals surface area contributed by atoms with E-state index in [1.165, 1.54) is 0 Å². The molecule has 9 heteroatoms. The highest BCUT2D eigenvalue weighted by molar-refractivity contribution is 7.09. The van der Waals surface area contributed by atoms with Crippen molar-refractivity contribution in [3.63, 3.8) is 0 Å². The SMILES string of the molecule is C=CC/C(C)=C\CC(OC(=O)C[C@H](C)C(C)(C)C(=O)[C@H](C)[C@@H](O[Si](C)(C)C(C)(C)C)[C@@H](C)C=C)/C(C)=C/c1csc(CO[Si](C)(C)C(C)(C)C)n1. The van der Waals surface area contributed by atoms with Crippen LogP contribution in [0.4, 0.5) is 0 Å². The Kier molecular flexibility index (Phi) is 17.5. The molecule has 0 aliphatic rings. The third-order valence-corrected chi connectivity index (χ3v) is 21.4. The van der Waals surface area contributed by atoms with Gasteiger partial charge in [0.15, 0.2) is 16.6 Å². The second-order valence-electron chi connectivity index (χ2n) is 18.3. The fourth-order valence-corrected chi connectivity index (χ4v) is 8.35. The van der Waals surface area contributed by atoms with Gasteiger partial charge in [0.2, 0.25) is 0 Å². The Morgan fingerprint density at radius 2 is 1.51 bits per heavy atom. The van der Waals surface area contributed by atoms with E-state index in [-0.39, 0.29) is 52.1 Å². The zero-order chi connectivity index (χ0) is 39.8. The molecule has 1 aromatic rings. The molecule has 0 aliphatic heterocycles. The van der Waals surface area contributed by atoms with Crippen LogP contribution >= 0.6 is 11.3 Å². The molecule has 0 spiro atoms. The van der Waals surface area contributed by atoms with Gasteiger partial charge in [-0.3, -0.25) is 9.59 Å². The Labute approximate surface area is 318 Å². The Bertz CT molecular complexity index is 1390. The number of carbonyl (C=O) groups is 2. The number of aromatic nitrogens is 1. The van der Waals surface area contributed by atoms with Gasteiger partial charge in [0, 0.05) is 29.6 Å². The summed E-state index contributed by atoms with van der Waals surface area (Å²) < 4.78 is 19.4. The van der Waals surface area contributed by atoms with E-state index >= 15 is 0 Å². The van der Waals surface area contributed by atoms with E-state index in [9.17, 15) is 9.59 Å². The van der Waals surface area contributed by atoms with Crippen LogP contribution < -0.4 is 0 Å². The quantitative estimate of drug-likeness (QED) is 0.0748. The van der Waals surface area contributed by atoms with Crippen molar-refractivity contribution in [2.24, 2.45) is 23.2 Å². The van der Waals surface area contributed by atoms with Gasteiger partial charge in [-0.25, -0.2) is 4.98 Å². The summed E-state index contributed by atoms with van der Waals surface area (Å²) in [7, 11) is -4.06. The number of ketones is 1. The van der Waals surface area contributed by atoms with Gasteiger partial charge in [-0.15, -0.1) is 24.5 Å². The molecule has 1 rings (SSSR count). The highest BCUT2D eigenvalue weighted by Gasteiger charge is 2.46. The number of Topliss-reactive ketones (excluding diaryl/α,β-unsaturated/α-hetero) is 1. The monoisotopic (exact) mass is 759 g/mol. The van der Waals surface area contributed by atoms with Crippen LogP contribution in [0.5, 0.6) is 0 Å². The van der Waals surface area contributed by atoms with Crippen molar-refractivity contribution in [3.8, 4) is 0 Å². The van der Waals surface area contributed by atoms with Gasteiger partial charge in [0.25, 0.3) is 0 Å². The number of hydrogen-bond acceptors (Lipinski definition) is 7. The molecule has 0 aromatic carbocycles. The van der Waals surface area contributed by atoms with E-state index < -0.39 is 28.2 Å². The summed E-state index contributed by atoms with van der Waals surface area (Å²) in [6, 6.07) is 0. The van der Waals surface area contributed by atoms with Crippen LogP contribution in [0, 0.1) is 23.2 Å². The summed E-state index contributed by atoms with van der Waals surface area (Å²) in [5.74, 6) is -0.850. The summed E-state index contributed by atoms with van der Waals surface area (Å²) in [6.07, 6.45) is 8.54. The molecular weight excluding hydrogens is 687 g/mol. The Hall–Kier alpha value is -1.92. The topological polar surface area (TPSA) is 74.7 Å². The third-order valence-electron chi connectivity index (χ3n) is 11.6. The van der Waals surface area contributed by atoms with Gasteiger partial charge in [0.05, 0.1) is 18.4 Å². The van der Waals surface area contributed by atoms with Crippen LogP contribution in [0.1, 0.15) is 120 Å². The molecule has 0 amide bonds. The normalized spacial score (nSPS) is 17.0. The highest BCUT2D eigenvalue weighted by Crippen LogP contribution is 2.42. The lowest BCUT2D eigenvalue weighted by molar-refractivity contribution is -0.150. The van der Waals surface area contributed by atoms with Gasteiger partial charge in [-0.05, 0) is 80.0 Å². The molecule has 0 radical (unpaired) electrons. The van der Waals surface area contributed by atoms with Crippen molar-refractivity contribution < 1.29 is 23.2 Å². The minimum atomic E-state index is -2.16. The predicted octanol–water partition coefficient (Wildman–Crippen LogP) is 12.4. The third kappa shape index (κ3) is 13.8. The maximum Gasteiger partial charge on any atom is 0.306 e. The fourth-order valence-electron chi connectivity index (χ4n) is 5.20. The minimum absolute atomic E-state index is 0.000717. The molecule has 0 N–H and O–H groups in total. The first-order valence-electron chi connectivity index (χ1n) is 18.7. The van der Waals surface area contributed by atoms with Crippen LogP contribution in [-0.2, 0) is 29.8 Å². The minimum Gasteiger partial charge on any atom is -0.457 e. The number of allylic oxidation sites excluding steroid dienone is 2. The second-order valence-corrected chi connectivity index (χ2v) is 28.8. The molecule has 290 valence electrons. The first-order valence-corrected chi connectivity index (χ1v) is 25.4. The number of thiazole rings is 1. The van der Waals surface area contributed by atoms with E-state index in [0.717, 1.165) is 28.3 Å². The van der Waals surface area contributed by atoms with Gasteiger partial charge < -0.3 is 13.6 Å². The fraction of sp³-hybridized carbons (Fsp3) is 0.690. The zero-order valence-electron chi connectivity index (χ0n) is 35.4. The predicted molar refractivity (Wildman–Crippen MR) is 224 cm³/mol. The van der Waals surface area contributed by atoms with Gasteiger partial charge in [-0.1, -0.05) is 100.0 Å². The van der Waals surface area contributed by atoms with E-state index in [1.54, 1.807) is 11.3 Å². The Morgan fingerprint density at radius 1 is 0.941 bits per heavy atom.